The molecule has 1 aromatic rings. The minimum absolute atomic E-state index is 0.0328. The number of carbonyl (C=O) groups excluding carboxylic acids is 1. The summed E-state index contributed by atoms with van der Waals surface area (Å²) in [6.45, 7) is 6.76. The summed E-state index contributed by atoms with van der Waals surface area (Å²) in [4.78, 5) is 11.9. The van der Waals surface area contributed by atoms with Crippen molar-refractivity contribution in [3.8, 4) is 11.5 Å². The van der Waals surface area contributed by atoms with E-state index in [-0.39, 0.29) is 11.9 Å². The summed E-state index contributed by atoms with van der Waals surface area (Å²) in [5, 5.41) is 6.21. The maximum atomic E-state index is 11.9. The van der Waals surface area contributed by atoms with Gasteiger partial charge in [-0.05, 0) is 24.6 Å². The molecule has 1 rings (SSSR count). The molecule has 5 nitrogen and oxygen atoms in total. The Labute approximate surface area is 127 Å². The number of methoxy groups -OCH3 is 2. The fraction of sp³-hybridized carbons (Fsp3) is 0.562. The van der Waals surface area contributed by atoms with E-state index in [1.165, 1.54) is 0 Å². The van der Waals surface area contributed by atoms with Crippen LogP contribution in [-0.4, -0.2) is 32.7 Å². The number of rotatable bonds is 8. The van der Waals surface area contributed by atoms with Gasteiger partial charge in [-0.25, -0.2) is 0 Å². The maximum absolute atomic E-state index is 11.9. The van der Waals surface area contributed by atoms with Crippen molar-refractivity contribution in [2.24, 2.45) is 0 Å². The van der Waals surface area contributed by atoms with Crippen LogP contribution in [0.2, 0.25) is 0 Å². The SMILES string of the molecule is COc1ccc(C(C)NC(=O)CCNC(C)C)cc1OC. The van der Waals surface area contributed by atoms with Crippen molar-refractivity contribution in [2.75, 3.05) is 20.8 Å². The van der Waals surface area contributed by atoms with Gasteiger partial charge in [0, 0.05) is 19.0 Å². The fourth-order valence-corrected chi connectivity index (χ4v) is 1.99. The maximum Gasteiger partial charge on any atom is 0.221 e. The van der Waals surface area contributed by atoms with Crippen molar-refractivity contribution < 1.29 is 14.3 Å². The van der Waals surface area contributed by atoms with Crippen LogP contribution < -0.4 is 20.1 Å². The van der Waals surface area contributed by atoms with Gasteiger partial charge in [-0.15, -0.1) is 0 Å². The Morgan fingerprint density at radius 1 is 1.14 bits per heavy atom. The number of hydrogen-bond acceptors (Lipinski definition) is 4. The zero-order valence-electron chi connectivity index (χ0n) is 13.5. The summed E-state index contributed by atoms with van der Waals surface area (Å²) in [5.74, 6) is 1.38. The summed E-state index contributed by atoms with van der Waals surface area (Å²) in [5.41, 5.74) is 0.984. The van der Waals surface area contributed by atoms with Crippen molar-refractivity contribution in [2.45, 2.75) is 39.3 Å². The molecule has 0 saturated heterocycles. The highest BCUT2D eigenvalue weighted by molar-refractivity contribution is 5.76. The molecule has 1 amide bonds. The van der Waals surface area contributed by atoms with Crippen LogP contribution in [0.3, 0.4) is 0 Å². The highest BCUT2D eigenvalue weighted by Crippen LogP contribution is 2.29. The molecule has 21 heavy (non-hydrogen) atoms. The van der Waals surface area contributed by atoms with Crippen LogP contribution in [0.15, 0.2) is 18.2 Å². The topological polar surface area (TPSA) is 59.6 Å². The number of hydrogen-bond donors (Lipinski definition) is 2. The molecule has 118 valence electrons. The van der Waals surface area contributed by atoms with Gasteiger partial charge >= 0.3 is 0 Å². The molecule has 0 aliphatic rings. The van der Waals surface area contributed by atoms with Gasteiger partial charge in [-0.2, -0.15) is 0 Å². The lowest BCUT2D eigenvalue weighted by atomic mass is 10.1. The van der Waals surface area contributed by atoms with E-state index in [0.717, 1.165) is 5.56 Å². The first-order valence-electron chi connectivity index (χ1n) is 7.22. The number of carbonyl (C=O) groups is 1. The van der Waals surface area contributed by atoms with E-state index < -0.39 is 0 Å². The van der Waals surface area contributed by atoms with Gasteiger partial charge in [0.1, 0.15) is 0 Å². The lowest BCUT2D eigenvalue weighted by Crippen LogP contribution is -2.31. The summed E-state index contributed by atoms with van der Waals surface area (Å²) < 4.78 is 10.5. The van der Waals surface area contributed by atoms with E-state index in [1.54, 1.807) is 14.2 Å². The second-order valence-corrected chi connectivity index (χ2v) is 5.26. The number of nitrogens with one attached hydrogen (secondary N) is 2. The Kier molecular flexibility index (Phi) is 7.02. The van der Waals surface area contributed by atoms with E-state index in [1.807, 2.05) is 25.1 Å². The highest BCUT2D eigenvalue weighted by Gasteiger charge is 2.12. The zero-order valence-corrected chi connectivity index (χ0v) is 13.5. The molecule has 1 aromatic carbocycles. The van der Waals surface area contributed by atoms with Crippen molar-refractivity contribution >= 4 is 5.91 Å². The Hall–Kier alpha value is -1.75. The molecular formula is C16H26N2O3. The van der Waals surface area contributed by atoms with Gasteiger partial charge in [0.25, 0.3) is 0 Å². The minimum atomic E-state index is -0.0728. The molecule has 0 spiro atoms. The first-order valence-corrected chi connectivity index (χ1v) is 7.22. The predicted molar refractivity (Wildman–Crippen MR) is 83.9 cm³/mol. The predicted octanol–water partition coefficient (Wildman–Crippen LogP) is 2.27. The first-order chi connectivity index (χ1) is 9.97. The molecular weight excluding hydrogens is 268 g/mol. The molecule has 5 heteroatoms. The van der Waals surface area contributed by atoms with E-state index in [4.69, 9.17) is 9.47 Å². The summed E-state index contributed by atoms with van der Waals surface area (Å²) in [6.07, 6.45) is 0.468. The zero-order chi connectivity index (χ0) is 15.8. The van der Waals surface area contributed by atoms with Crippen molar-refractivity contribution in [3.63, 3.8) is 0 Å². The molecule has 2 N–H and O–H groups in total. The molecule has 0 bridgehead atoms. The van der Waals surface area contributed by atoms with E-state index >= 15 is 0 Å². The van der Waals surface area contributed by atoms with Gasteiger partial charge in [0.2, 0.25) is 5.91 Å². The molecule has 1 unspecified atom stereocenters. The number of amides is 1. The highest BCUT2D eigenvalue weighted by atomic mass is 16.5. The van der Waals surface area contributed by atoms with Crippen molar-refractivity contribution in [1.82, 2.24) is 10.6 Å². The molecule has 0 fully saturated rings. The van der Waals surface area contributed by atoms with Crippen LogP contribution in [0.1, 0.15) is 38.8 Å². The lowest BCUT2D eigenvalue weighted by Gasteiger charge is -2.17. The van der Waals surface area contributed by atoms with Crippen LogP contribution in [-0.2, 0) is 4.79 Å². The molecule has 1 atom stereocenters. The fourth-order valence-electron chi connectivity index (χ4n) is 1.99. The molecule has 0 heterocycles. The first kappa shape index (κ1) is 17.3. The summed E-state index contributed by atoms with van der Waals surface area (Å²) in [6, 6.07) is 5.98. The van der Waals surface area contributed by atoms with E-state index in [9.17, 15) is 4.79 Å². The third kappa shape index (κ3) is 5.63. The smallest absolute Gasteiger partial charge is 0.221 e. The van der Waals surface area contributed by atoms with Crippen molar-refractivity contribution in [1.29, 1.82) is 0 Å². The Bertz CT molecular complexity index is 461. The molecule has 0 aliphatic carbocycles. The molecule has 0 radical (unpaired) electrons. The molecule has 0 aliphatic heterocycles. The standard InChI is InChI=1S/C16H26N2O3/c1-11(2)17-9-8-16(19)18-12(3)13-6-7-14(20-4)15(10-13)21-5/h6-7,10-12,17H,8-9H2,1-5H3,(H,18,19). The Morgan fingerprint density at radius 2 is 1.81 bits per heavy atom. The third-order valence-electron chi connectivity index (χ3n) is 3.19. The average Bonchev–Trinajstić information content (AvgIpc) is 2.45. The van der Waals surface area contributed by atoms with Gasteiger partial charge < -0.3 is 20.1 Å². The van der Waals surface area contributed by atoms with E-state index in [2.05, 4.69) is 24.5 Å². The molecule has 0 saturated carbocycles. The second-order valence-electron chi connectivity index (χ2n) is 5.26. The quantitative estimate of drug-likeness (QED) is 0.772. The summed E-state index contributed by atoms with van der Waals surface area (Å²) >= 11 is 0. The van der Waals surface area contributed by atoms with Gasteiger partial charge in [-0.3, -0.25) is 4.79 Å². The normalized spacial score (nSPS) is 12.1. The Balaban J connectivity index is 2.58. The largest absolute Gasteiger partial charge is 0.493 e. The van der Waals surface area contributed by atoms with Gasteiger partial charge in [-0.1, -0.05) is 19.9 Å². The monoisotopic (exact) mass is 294 g/mol. The number of benzene rings is 1. The van der Waals surface area contributed by atoms with Crippen LogP contribution in [0.5, 0.6) is 11.5 Å². The average molecular weight is 294 g/mol. The van der Waals surface area contributed by atoms with Crippen LogP contribution in [0.4, 0.5) is 0 Å². The van der Waals surface area contributed by atoms with Crippen LogP contribution in [0, 0.1) is 0 Å². The van der Waals surface area contributed by atoms with Crippen LogP contribution in [0.25, 0.3) is 0 Å². The third-order valence-corrected chi connectivity index (χ3v) is 3.19. The van der Waals surface area contributed by atoms with Crippen LogP contribution >= 0.6 is 0 Å². The second kappa shape index (κ2) is 8.52. The van der Waals surface area contributed by atoms with Gasteiger partial charge in [0.15, 0.2) is 11.5 Å². The van der Waals surface area contributed by atoms with Crippen molar-refractivity contribution in [3.05, 3.63) is 23.8 Å². The molecule has 0 aromatic heterocycles. The van der Waals surface area contributed by atoms with Gasteiger partial charge in [0.05, 0.1) is 20.3 Å². The number of ether oxygens (including phenoxy) is 2. The minimum Gasteiger partial charge on any atom is -0.493 e. The van der Waals surface area contributed by atoms with E-state index in [0.29, 0.717) is 30.5 Å². The summed E-state index contributed by atoms with van der Waals surface area (Å²) in [7, 11) is 3.20. The Morgan fingerprint density at radius 3 is 2.38 bits per heavy atom. The lowest BCUT2D eigenvalue weighted by molar-refractivity contribution is -0.121.